The summed E-state index contributed by atoms with van der Waals surface area (Å²) in [6, 6.07) is 6.33. The number of alkyl halides is 6. The Bertz CT molecular complexity index is 1140. The van der Waals surface area contributed by atoms with Crippen molar-refractivity contribution < 1.29 is 31.1 Å². The molecule has 0 spiro atoms. The molecule has 1 fully saturated rings. The molecule has 1 saturated carbocycles. The molecule has 0 heterocycles. The molecule has 1 aromatic carbocycles. The first-order chi connectivity index (χ1) is 14.0. The van der Waals surface area contributed by atoms with Crippen molar-refractivity contribution in [1.82, 2.24) is 0 Å². The molecule has 156 valence electrons. The summed E-state index contributed by atoms with van der Waals surface area (Å²) in [5, 5.41) is 0. The maximum Gasteiger partial charge on any atom is 0.380 e. The second-order valence-electron chi connectivity index (χ2n) is 8.04. The molecule has 4 aliphatic carbocycles. The molecular weight excluding hydrogens is 406 g/mol. The number of halogens is 6. The maximum absolute atomic E-state index is 15.1. The first-order valence-corrected chi connectivity index (χ1v) is 9.31. The first-order valence-electron chi connectivity index (χ1n) is 9.31. The molecule has 2 unspecified atom stereocenters. The largest absolute Gasteiger partial charge is 0.380 e. The zero-order valence-corrected chi connectivity index (χ0v) is 15.9. The minimum atomic E-state index is -5.58. The summed E-state index contributed by atoms with van der Waals surface area (Å²) in [5.74, 6) is -15.7. The average molecular weight is 422 g/mol. The van der Waals surface area contributed by atoms with Crippen LogP contribution in [0.4, 0.5) is 26.3 Å². The fraction of sp³-hybridized carbons (Fsp3) is 0.304. The standard InChI is InChI=1S/C23H16F6O/c1-19-12-10-13-7-3-4-8-14(13)16(19)18-17(15-9-5-6-11-20(15,19)30-2)21(24,25)23(28,29)22(18,26)27/h3-12H,1-2H3. The van der Waals surface area contributed by atoms with Gasteiger partial charge in [-0.3, -0.25) is 0 Å². The van der Waals surface area contributed by atoms with Gasteiger partial charge in [0.1, 0.15) is 5.60 Å². The minimum Gasteiger partial charge on any atom is -0.368 e. The van der Waals surface area contributed by atoms with E-state index in [1.165, 1.54) is 31.4 Å². The van der Waals surface area contributed by atoms with Crippen LogP contribution in [-0.2, 0) is 4.74 Å². The van der Waals surface area contributed by atoms with E-state index in [1.807, 2.05) is 0 Å². The number of rotatable bonds is 1. The number of fused-ring (bicyclic) bond motifs is 6. The van der Waals surface area contributed by atoms with Gasteiger partial charge in [0.15, 0.2) is 0 Å². The Hall–Kier alpha value is -2.54. The Morgan fingerprint density at radius 2 is 1.43 bits per heavy atom. The number of benzene rings is 1. The zero-order chi connectivity index (χ0) is 21.7. The Kier molecular flexibility index (Phi) is 3.48. The topological polar surface area (TPSA) is 9.23 Å². The molecule has 2 atom stereocenters. The van der Waals surface area contributed by atoms with Crippen molar-refractivity contribution in [3.63, 3.8) is 0 Å². The van der Waals surface area contributed by atoms with E-state index in [-0.39, 0.29) is 16.7 Å². The van der Waals surface area contributed by atoms with Crippen LogP contribution < -0.4 is 0 Å². The Labute approximate surface area is 168 Å². The molecule has 4 aliphatic rings. The first kappa shape index (κ1) is 19.4. The van der Waals surface area contributed by atoms with Gasteiger partial charge in [-0.2, -0.15) is 26.3 Å². The lowest BCUT2D eigenvalue weighted by atomic mass is 9.55. The molecule has 0 aromatic heterocycles. The summed E-state index contributed by atoms with van der Waals surface area (Å²) >= 11 is 0. The smallest absolute Gasteiger partial charge is 0.368 e. The van der Waals surface area contributed by atoms with Crippen molar-refractivity contribution in [1.29, 1.82) is 0 Å². The van der Waals surface area contributed by atoms with E-state index in [1.54, 1.807) is 43.4 Å². The van der Waals surface area contributed by atoms with Gasteiger partial charge in [0.2, 0.25) is 0 Å². The lowest BCUT2D eigenvalue weighted by Crippen LogP contribution is -2.52. The molecule has 0 amide bonds. The lowest BCUT2D eigenvalue weighted by molar-refractivity contribution is -0.258. The highest BCUT2D eigenvalue weighted by atomic mass is 19.3. The highest BCUT2D eigenvalue weighted by Gasteiger charge is 2.84. The number of hydrogen-bond donors (Lipinski definition) is 0. The van der Waals surface area contributed by atoms with Gasteiger partial charge in [-0.25, -0.2) is 0 Å². The van der Waals surface area contributed by atoms with Crippen molar-refractivity contribution in [2.24, 2.45) is 5.41 Å². The van der Waals surface area contributed by atoms with Crippen LogP contribution in [0.2, 0.25) is 0 Å². The van der Waals surface area contributed by atoms with Gasteiger partial charge < -0.3 is 4.74 Å². The number of hydrogen-bond acceptors (Lipinski definition) is 1. The van der Waals surface area contributed by atoms with Gasteiger partial charge in [-0.1, -0.05) is 54.6 Å². The molecular formula is C23H16F6O. The Morgan fingerprint density at radius 1 is 0.767 bits per heavy atom. The van der Waals surface area contributed by atoms with Gasteiger partial charge in [0.25, 0.3) is 0 Å². The van der Waals surface area contributed by atoms with E-state index in [0.717, 1.165) is 0 Å². The predicted molar refractivity (Wildman–Crippen MR) is 100 cm³/mol. The van der Waals surface area contributed by atoms with Crippen molar-refractivity contribution >= 4 is 11.6 Å². The molecule has 5 rings (SSSR count). The summed E-state index contributed by atoms with van der Waals surface area (Å²) in [6.07, 6.45) is 8.79. The third kappa shape index (κ3) is 1.78. The van der Waals surface area contributed by atoms with Crippen LogP contribution in [0.5, 0.6) is 0 Å². The predicted octanol–water partition coefficient (Wildman–Crippen LogP) is 6.21. The van der Waals surface area contributed by atoms with Crippen LogP contribution in [0.25, 0.3) is 11.6 Å². The second kappa shape index (κ2) is 5.38. The van der Waals surface area contributed by atoms with Gasteiger partial charge in [-0.15, -0.1) is 0 Å². The van der Waals surface area contributed by atoms with E-state index in [2.05, 4.69) is 0 Å². The van der Waals surface area contributed by atoms with Gasteiger partial charge in [-0.05, 0) is 35.3 Å². The van der Waals surface area contributed by atoms with Crippen LogP contribution in [0.15, 0.2) is 71.4 Å². The van der Waals surface area contributed by atoms with Gasteiger partial charge >= 0.3 is 17.8 Å². The lowest BCUT2D eigenvalue weighted by Gasteiger charge is -2.53. The van der Waals surface area contributed by atoms with Gasteiger partial charge in [0, 0.05) is 23.7 Å². The van der Waals surface area contributed by atoms with Crippen LogP contribution in [-0.4, -0.2) is 30.5 Å². The summed E-state index contributed by atoms with van der Waals surface area (Å²) in [7, 11) is 1.26. The molecule has 30 heavy (non-hydrogen) atoms. The molecule has 7 heteroatoms. The monoisotopic (exact) mass is 422 g/mol. The normalized spacial score (nSPS) is 33.9. The maximum atomic E-state index is 15.1. The molecule has 0 bridgehead atoms. The quantitative estimate of drug-likeness (QED) is 0.489. The Balaban J connectivity index is 2.05. The molecule has 1 nitrogen and oxygen atoms in total. The summed E-state index contributed by atoms with van der Waals surface area (Å²) in [5.41, 5.74) is -5.68. The van der Waals surface area contributed by atoms with Gasteiger partial charge in [0.05, 0.1) is 0 Å². The SMILES string of the molecule is COC12C=CC=CC1=C1C(=C3c4ccccc4C=CC32C)C(F)(F)C(F)(F)C1(F)F. The molecule has 0 saturated heterocycles. The van der Waals surface area contributed by atoms with Crippen LogP contribution in [0.3, 0.4) is 0 Å². The number of allylic oxidation sites excluding steroid dienone is 4. The van der Waals surface area contributed by atoms with E-state index >= 15 is 17.6 Å². The second-order valence-corrected chi connectivity index (χ2v) is 8.04. The molecule has 0 aliphatic heterocycles. The minimum absolute atomic E-state index is 0.210. The highest BCUT2D eigenvalue weighted by Crippen LogP contribution is 2.71. The fourth-order valence-corrected chi connectivity index (χ4v) is 5.27. The number of ether oxygens (including phenoxy) is 1. The van der Waals surface area contributed by atoms with E-state index < -0.39 is 39.9 Å². The fourth-order valence-electron chi connectivity index (χ4n) is 5.27. The summed E-state index contributed by atoms with van der Waals surface area (Å²) in [6.45, 7) is 1.55. The summed E-state index contributed by atoms with van der Waals surface area (Å²) in [4.78, 5) is 0. The zero-order valence-electron chi connectivity index (χ0n) is 15.9. The number of methoxy groups -OCH3 is 1. The summed E-state index contributed by atoms with van der Waals surface area (Å²) < 4.78 is 95.2. The average Bonchev–Trinajstić information content (AvgIpc) is 2.82. The Morgan fingerprint density at radius 3 is 2.13 bits per heavy atom. The third-order valence-corrected chi connectivity index (χ3v) is 6.73. The van der Waals surface area contributed by atoms with Crippen molar-refractivity contribution in [3.05, 3.63) is 82.5 Å². The van der Waals surface area contributed by atoms with E-state index in [4.69, 9.17) is 4.74 Å². The molecule has 1 aromatic rings. The third-order valence-electron chi connectivity index (χ3n) is 6.73. The van der Waals surface area contributed by atoms with Crippen molar-refractivity contribution in [3.8, 4) is 0 Å². The highest BCUT2D eigenvalue weighted by molar-refractivity contribution is 5.93. The van der Waals surface area contributed by atoms with E-state index in [0.29, 0.717) is 5.56 Å². The van der Waals surface area contributed by atoms with Crippen LogP contribution in [0.1, 0.15) is 18.1 Å². The van der Waals surface area contributed by atoms with Crippen molar-refractivity contribution in [2.45, 2.75) is 30.3 Å². The van der Waals surface area contributed by atoms with E-state index in [9.17, 15) is 8.78 Å². The van der Waals surface area contributed by atoms with Crippen LogP contribution in [0, 0.1) is 5.41 Å². The molecule has 0 radical (unpaired) electrons. The van der Waals surface area contributed by atoms with Crippen LogP contribution >= 0.6 is 0 Å². The molecule has 0 N–H and O–H groups in total. The van der Waals surface area contributed by atoms with Crippen molar-refractivity contribution in [2.75, 3.05) is 7.11 Å².